The van der Waals surface area contributed by atoms with Crippen molar-refractivity contribution in [3.05, 3.63) is 23.4 Å². The quantitative estimate of drug-likeness (QED) is 0.794. The zero-order valence-corrected chi connectivity index (χ0v) is 15.5. The molecule has 1 aromatic rings. The standard InChI is InChI=1S/C19H27N3O4/c1-24-17-15(8-20-18(21-17)25-2)19(23)6-5-14-10-22(11-16(14)19)9-13-4-3-7-26-12-13/h4,8,14,16,23H,3,5-7,9-12H2,1-2H3/t14-,16+,19+/m1/s1. The minimum Gasteiger partial charge on any atom is -0.481 e. The van der Waals surface area contributed by atoms with Gasteiger partial charge in [0.2, 0.25) is 5.88 Å². The average molecular weight is 361 g/mol. The van der Waals surface area contributed by atoms with Crippen LogP contribution in [-0.2, 0) is 10.3 Å². The summed E-state index contributed by atoms with van der Waals surface area (Å²) in [6.07, 6.45) is 6.67. The van der Waals surface area contributed by atoms with Gasteiger partial charge >= 0.3 is 6.01 Å². The van der Waals surface area contributed by atoms with Crippen LogP contribution in [0.3, 0.4) is 0 Å². The number of fused-ring (bicyclic) bond motifs is 1. The number of hydrogen-bond donors (Lipinski definition) is 1. The molecule has 3 heterocycles. The molecule has 2 fully saturated rings. The van der Waals surface area contributed by atoms with E-state index in [4.69, 9.17) is 14.2 Å². The van der Waals surface area contributed by atoms with Crippen LogP contribution in [0, 0.1) is 11.8 Å². The van der Waals surface area contributed by atoms with Gasteiger partial charge in [0.05, 0.1) is 33.0 Å². The number of aliphatic hydroxyl groups is 1. The fourth-order valence-electron chi connectivity index (χ4n) is 4.76. The summed E-state index contributed by atoms with van der Waals surface area (Å²) in [6, 6.07) is 0.251. The van der Waals surface area contributed by atoms with Crippen LogP contribution in [0.15, 0.2) is 17.8 Å². The van der Waals surface area contributed by atoms with Crippen LogP contribution in [0.1, 0.15) is 24.8 Å². The molecule has 2 aliphatic heterocycles. The number of ether oxygens (including phenoxy) is 3. The van der Waals surface area contributed by atoms with E-state index in [0.717, 1.165) is 45.7 Å². The van der Waals surface area contributed by atoms with E-state index >= 15 is 0 Å². The third-order valence-corrected chi connectivity index (χ3v) is 6.01. The van der Waals surface area contributed by atoms with Crippen molar-refractivity contribution in [2.75, 3.05) is 47.1 Å². The minimum absolute atomic E-state index is 0.165. The van der Waals surface area contributed by atoms with Gasteiger partial charge in [0.1, 0.15) is 5.60 Å². The lowest BCUT2D eigenvalue weighted by Crippen LogP contribution is -2.36. The largest absolute Gasteiger partial charge is 0.481 e. The lowest BCUT2D eigenvalue weighted by Gasteiger charge is -2.31. The predicted molar refractivity (Wildman–Crippen MR) is 95.2 cm³/mol. The molecule has 0 spiro atoms. The number of methoxy groups -OCH3 is 2. The smallest absolute Gasteiger partial charge is 0.319 e. The fourth-order valence-corrected chi connectivity index (χ4v) is 4.76. The topological polar surface area (TPSA) is 76.9 Å². The molecule has 1 aliphatic carbocycles. The summed E-state index contributed by atoms with van der Waals surface area (Å²) in [5.74, 6) is 1.05. The van der Waals surface area contributed by atoms with Crippen molar-refractivity contribution in [1.29, 1.82) is 0 Å². The molecule has 0 aromatic carbocycles. The number of hydrogen-bond acceptors (Lipinski definition) is 7. The summed E-state index contributed by atoms with van der Waals surface area (Å²) < 4.78 is 16.1. The molecule has 26 heavy (non-hydrogen) atoms. The number of likely N-dealkylation sites (tertiary alicyclic amines) is 1. The van der Waals surface area contributed by atoms with Crippen molar-refractivity contribution in [1.82, 2.24) is 14.9 Å². The maximum atomic E-state index is 11.6. The van der Waals surface area contributed by atoms with Crippen molar-refractivity contribution in [2.45, 2.75) is 24.9 Å². The molecule has 7 heteroatoms. The Morgan fingerprint density at radius 3 is 2.96 bits per heavy atom. The highest BCUT2D eigenvalue weighted by atomic mass is 16.5. The first kappa shape index (κ1) is 17.7. The first-order valence-corrected chi connectivity index (χ1v) is 9.30. The Morgan fingerprint density at radius 2 is 2.23 bits per heavy atom. The number of aromatic nitrogens is 2. The van der Waals surface area contributed by atoms with Gasteiger partial charge in [0.25, 0.3) is 0 Å². The Balaban J connectivity index is 1.54. The third-order valence-electron chi connectivity index (χ3n) is 6.01. The van der Waals surface area contributed by atoms with Crippen LogP contribution in [0.25, 0.3) is 0 Å². The van der Waals surface area contributed by atoms with Crippen molar-refractivity contribution >= 4 is 0 Å². The predicted octanol–water partition coefficient (Wildman–Crippen LogP) is 1.37. The first-order valence-electron chi connectivity index (χ1n) is 9.30. The fraction of sp³-hybridized carbons (Fsp3) is 0.684. The normalized spacial score (nSPS) is 31.6. The summed E-state index contributed by atoms with van der Waals surface area (Å²) >= 11 is 0. The van der Waals surface area contributed by atoms with Gasteiger partial charge < -0.3 is 19.3 Å². The molecule has 142 valence electrons. The average Bonchev–Trinajstić information content (AvgIpc) is 3.22. The lowest BCUT2D eigenvalue weighted by molar-refractivity contribution is -0.00923. The van der Waals surface area contributed by atoms with E-state index in [1.54, 1.807) is 13.3 Å². The summed E-state index contributed by atoms with van der Waals surface area (Å²) in [5.41, 5.74) is 1.08. The molecule has 3 atom stereocenters. The van der Waals surface area contributed by atoms with Crippen LogP contribution in [-0.4, -0.2) is 67.0 Å². The maximum Gasteiger partial charge on any atom is 0.319 e. The van der Waals surface area contributed by atoms with Gasteiger partial charge in [-0.1, -0.05) is 6.08 Å². The van der Waals surface area contributed by atoms with Gasteiger partial charge in [-0.15, -0.1) is 0 Å². The van der Waals surface area contributed by atoms with E-state index in [9.17, 15) is 5.11 Å². The van der Waals surface area contributed by atoms with Gasteiger partial charge in [-0.3, -0.25) is 4.90 Å². The molecule has 1 saturated carbocycles. The summed E-state index contributed by atoms with van der Waals surface area (Å²) in [4.78, 5) is 10.9. The van der Waals surface area contributed by atoms with Gasteiger partial charge in [0, 0.05) is 31.7 Å². The van der Waals surface area contributed by atoms with E-state index in [1.165, 1.54) is 12.7 Å². The molecular formula is C19H27N3O4. The van der Waals surface area contributed by atoms with Crippen molar-refractivity contribution < 1.29 is 19.3 Å². The van der Waals surface area contributed by atoms with E-state index in [-0.39, 0.29) is 11.9 Å². The Labute approximate surface area is 154 Å². The monoisotopic (exact) mass is 361 g/mol. The lowest BCUT2D eigenvalue weighted by atomic mass is 9.83. The molecule has 0 unspecified atom stereocenters. The molecule has 4 rings (SSSR count). The zero-order chi connectivity index (χ0) is 18.1. The van der Waals surface area contributed by atoms with Gasteiger partial charge in [0.15, 0.2) is 0 Å². The van der Waals surface area contributed by atoms with E-state index in [2.05, 4.69) is 20.9 Å². The van der Waals surface area contributed by atoms with Gasteiger partial charge in [-0.05, 0) is 30.8 Å². The Hall–Kier alpha value is -1.70. The van der Waals surface area contributed by atoms with Crippen molar-refractivity contribution in [3.8, 4) is 11.9 Å². The Morgan fingerprint density at radius 1 is 1.35 bits per heavy atom. The van der Waals surface area contributed by atoms with Crippen LogP contribution in [0.4, 0.5) is 0 Å². The number of nitrogens with zero attached hydrogens (tertiary/aromatic N) is 3. The molecule has 0 bridgehead atoms. The number of rotatable bonds is 5. The highest BCUT2D eigenvalue weighted by molar-refractivity contribution is 5.34. The molecule has 1 saturated heterocycles. The second kappa shape index (κ2) is 7.13. The maximum absolute atomic E-state index is 11.6. The highest BCUT2D eigenvalue weighted by Gasteiger charge is 2.53. The second-order valence-electron chi connectivity index (χ2n) is 7.51. The molecule has 1 N–H and O–H groups in total. The van der Waals surface area contributed by atoms with Crippen LogP contribution in [0.2, 0.25) is 0 Å². The highest BCUT2D eigenvalue weighted by Crippen LogP contribution is 2.52. The van der Waals surface area contributed by atoms with E-state index in [0.29, 0.717) is 23.8 Å². The molecular weight excluding hydrogens is 334 g/mol. The van der Waals surface area contributed by atoms with Crippen molar-refractivity contribution in [2.24, 2.45) is 11.8 Å². The van der Waals surface area contributed by atoms with Gasteiger partial charge in [-0.25, -0.2) is 4.98 Å². The molecule has 1 aromatic heterocycles. The molecule has 7 nitrogen and oxygen atoms in total. The minimum atomic E-state index is -0.950. The third kappa shape index (κ3) is 3.08. The Bertz CT molecular complexity index is 695. The van der Waals surface area contributed by atoms with E-state index in [1.807, 2.05) is 0 Å². The molecule has 0 radical (unpaired) electrons. The summed E-state index contributed by atoms with van der Waals surface area (Å²) in [5, 5.41) is 11.6. The van der Waals surface area contributed by atoms with Crippen LogP contribution >= 0.6 is 0 Å². The van der Waals surface area contributed by atoms with Crippen molar-refractivity contribution in [3.63, 3.8) is 0 Å². The SMILES string of the molecule is COc1ncc([C@@]2(O)CC[C@@H]3CN(CC4=CCCOC4)C[C@@H]32)c(OC)n1. The molecule has 3 aliphatic rings. The van der Waals surface area contributed by atoms with Crippen LogP contribution in [0.5, 0.6) is 11.9 Å². The first-order chi connectivity index (χ1) is 12.6. The molecule has 0 amide bonds. The second-order valence-corrected chi connectivity index (χ2v) is 7.51. The van der Waals surface area contributed by atoms with Crippen LogP contribution < -0.4 is 9.47 Å². The summed E-state index contributed by atoms with van der Waals surface area (Å²) in [6.45, 7) is 4.37. The Kier molecular flexibility index (Phi) is 4.86. The van der Waals surface area contributed by atoms with Gasteiger partial charge in [-0.2, -0.15) is 4.98 Å². The zero-order valence-electron chi connectivity index (χ0n) is 15.5. The van der Waals surface area contributed by atoms with E-state index < -0.39 is 5.60 Å². The summed E-state index contributed by atoms with van der Waals surface area (Å²) in [7, 11) is 3.09.